The van der Waals surface area contributed by atoms with E-state index in [4.69, 9.17) is 16.0 Å². The molecule has 0 saturated carbocycles. The molecule has 3 heteroatoms. The van der Waals surface area contributed by atoms with E-state index >= 15 is 0 Å². The quantitative estimate of drug-likeness (QED) is 0.789. The molecule has 0 aliphatic heterocycles. The Hall–Kier alpha value is -0.990. The van der Waals surface area contributed by atoms with E-state index in [0.717, 1.165) is 36.1 Å². The highest BCUT2D eigenvalue weighted by Crippen LogP contribution is 2.31. The summed E-state index contributed by atoms with van der Waals surface area (Å²) in [5.74, 6) is 1.61. The van der Waals surface area contributed by atoms with Crippen LogP contribution in [0.2, 0.25) is 5.02 Å². The zero-order valence-electron chi connectivity index (χ0n) is 11.9. The molecule has 19 heavy (non-hydrogen) atoms. The van der Waals surface area contributed by atoms with Crippen molar-refractivity contribution in [2.75, 3.05) is 6.54 Å². The number of fused-ring (bicyclic) bond motifs is 1. The van der Waals surface area contributed by atoms with Crippen LogP contribution in [-0.2, 0) is 0 Å². The third-order valence-corrected chi connectivity index (χ3v) is 3.50. The van der Waals surface area contributed by atoms with E-state index in [1.165, 1.54) is 0 Å². The molecule has 0 fully saturated rings. The molecular formula is C16H22ClNO. The van der Waals surface area contributed by atoms with Gasteiger partial charge in [0.2, 0.25) is 0 Å². The fourth-order valence-corrected chi connectivity index (χ4v) is 2.53. The van der Waals surface area contributed by atoms with Crippen molar-refractivity contribution in [3.8, 4) is 0 Å². The Morgan fingerprint density at radius 1 is 1.32 bits per heavy atom. The van der Waals surface area contributed by atoms with Crippen LogP contribution in [0.5, 0.6) is 0 Å². The zero-order chi connectivity index (χ0) is 13.8. The first-order valence-corrected chi connectivity index (χ1v) is 7.41. The maximum atomic E-state index is 6.17. The molecule has 2 aromatic rings. The predicted molar refractivity (Wildman–Crippen MR) is 81.7 cm³/mol. The van der Waals surface area contributed by atoms with Gasteiger partial charge in [0.05, 0.1) is 11.1 Å². The molecule has 2 nitrogen and oxygen atoms in total. The van der Waals surface area contributed by atoms with Crippen molar-refractivity contribution in [2.24, 2.45) is 5.92 Å². The molecule has 1 heterocycles. The Morgan fingerprint density at radius 3 is 2.74 bits per heavy atom. The highest BCUT2D eigenvalue weighted by atomic mass is 35.5. The standard InChI is InChI=1S/C16H22ClNO/c1-4-8-18-14(9-11(2)3)15-10-12-6-5-7-13(17)16(12)19-15/h5-7,10-11,14,18H,4,8-9H2,1-3H3. The van der Waals surface area contributed by atoms with Crippen molar-refractivity contribution in [1.82, 2.24) is 5.32 Å². The average Bonchev–Trinajstić information content (AvgIpc) is 2.79. The van der Waals surface area contributed by atoms with Gasteiger partial charge in [0, 0.05) is 5.39 Å². The highest BCUT2D eigenvalue weighted by molar-refractivity contribution is 6.34. The summed E-state index contributed by atoms with van der Waals surface area (Å²) in [6.45, 7) is 7.64. The van der Waals surface area contributed by atoms with Gasteiger partial charge in [0.15, 0.2) is 5.58 Å². The minimum Gasteiger partial charge on any atom is -0.458 e. The first-order valence-electron chi connectivity index (χ1n) is 7.03. The minimum absolute atomic E-state index is 0.267. The molecule has 0 spiro atoms. The van der Waals surface area contributed by atoms with Crippen LogP contribution in [0.3, 0.4) is 0 Å². The number of furan rings is 1. The van der Waals surface area contributed by atoms with E-state index in [-0.39, 0.29) is 6.04 Å². The van der Waals surface area contributed by atoms with Crippen molar-refractivity contribution in [3.05, 3.63) is 35.0 Å². The predicted octanol–water partition coefficient (Wildman–Crippen LogP) is 5.17. The van der Waals surface area contributed by atoms with Crippen molar-refractivity contribution < 1.29 is 4.42 Å². The van der Waals surface area contributed by atoms with Gasteiger partial charge in [-0.1, -0.05) is 44.5 Å². The third-order valence-electron chi connectivity index (χ3n) is 3.21. The minimum atomic E-state index is 0.267. The summed E-state index contributed by atoms with van der Waals surface area (Å²) in [5, 5.41) is 5.32. The lowest BCUT2D eigenvalue weighted by Gasteiger charge is -2.18. The summed E-state index contributed by atoms with van der Waals surface area (Å²) in [7, 11) is 0. The summed E-state index contributed by atoms with van der Waals surface area (Å²) in [4.78, 5) is 0. The molecule has 1 unspecified atom stereocenters. The molecule has 0 aliphatic carbocycles. The molecule has 1 aromatic heterocycles. The lowest BCUT2D eigenvalue weighted by atomic mass is 10.0. The van der Waals surface area contributed by atoms with Gasteiger partial charge in [-0.2, -0.15) is 0 Å². The summed E-state index contributed by atoms with van der Waals surface area (Å²) < 4.78 is 5.96. The van der Waals surface area contributed by atoms with Crippen LogP contribution in [0.1, 0.15) is 45.4 Å². The second kappa shape index (κ2) is 6.44. The van der Waals surface area contributed by atoms with Gasteiger partial charge < -0.3 is 9.73 Å². The number of para-hydroxylation sites is 1. The van der Waals surface area contributed by atoms with Crippen LogP contribution >= 0.6 is 11.6 Å². The largest absolute Gasteiger partial charge is 0.458 e. The molecule has 1 N–H and O–H groups in total. The summed E-state index contributed by atoms with van der Waals surface area (Å²) in [6.07, 6.45) is 2.19. The zero-order valence-corrected chi connectivity index (χ0v) is 12.6. The molecule has 0 amide bonds. The number of nitrogens with one attached hydrogen (secondary N) is 1. The molecule has 0 radical (unpaired) electrons. The molecule has 0 saturated heterocycles. The van der Waals surface area contributed by atoms with Crippen molar-refractivity contribution in [3.63, 3.8) is 0 Å². The van der Waals surface area contributed by atoms with E-state index in [2.05, 4.69) is 32.2 Å². The maximum absolute atomic E-state index is 6.17. The van der Waals surface area contributed by atoms with Gasteiger partial charge in [-0.25, -0.2) is 0 Å². The fraction of sp³-hybridized carbons (Fsp3) is 0.500. The molecule has 104 valence electrons. The number of benzene rings is 1. The van der Waals surface area contributed by atoms with Crippen LogP contribution in [0, 0.1) is 5.92 Å². The Morgan fingerprint density at radius 2 is 2.11 bits per heavy atom. The van der Waals surface area contributed by atoms with E-state index in [0.29, 0.717) is 10.9 Å². The molecule has 2 rings (SSSR count). The average molecular weight is 280 g/mol. The van der Waals surface area contributed by atoms with Crippen LogP contribution in [0.4, 0.5) is 0 Å². The Balaban J connectivity index is 2.29. The van der Waals surface area contributed by atoms with E-state index in [1.54, 1.807) is 0 Å². The normalized spacial score (nSPS) is 13.3. The molecule has 0 bridgehead atoms. The van der Waals surface area contributed by atoms with Gasteiger partial charge >= 0.3 is 0 Å². The van der Waals surface area contributed by atoms with Crippen LogP contribution in [-0.4, -0.2) is 6.54 Å². The highest BCUT2D eigenvalue weighted by Gasteiger charge is 2.17. The second-order valence-electron chi connectivity index (χ2n) is 5.44. The van der Waals surface area contributed by atoms with Gasteiger partial charge in [-0.15, -0.1) is 0 Å². The van der Waals surface area contributed by atoms with Crippen molar-refractivity contribution >= 4 is 22.6 Å². The van der Waals surface area contributed by atoms with Gasteiger partial charge in [-0.3, -0.25) is 0 Å². The van der Waals surface area contributed by atoms with Crippen LogP contribution in [0.25, 0.3) is 11.0 Å². The van der Waals surface area contributed by atoms with E-state index in [1.807, 2.05) is 18.2 Å². The van der Waals surface area contributed by atoms with Crippen molar-refractivity contribution in [1.29, 1.82) is 0 Å². The Kier molecular flexibility index (Phi) is 4.89. The molecule has 0 aliphatic rings. The van der Waals surface area contributed by atoms with Crippen LogP contribution < -0.4 is 5.32 Å². The summed E-state index contributed by atoms with van der Waals surface area (Å²) >= 11 is 6.17. The van der Waals surface area contributed by atoms with E-state index in [9.17, 15) is 0 Å². The van der Waals surface area contributed by atoms with Gasteiger partial charge in [-0.05, 0) is 37.4 Å². The maximum Gasteiger partial charge on any atom is 0.152 e. The van der Waals surface area contributed by atoms with E-state index < -0.39 is 0 Å². The number of halogens is 1. The molecular weight excluding hydrogens is 258 g/mol. The SMILES string of the molecule is CCCNC(CC(C)C)c1cc2cccc(Cl)c2o1. The van der Waals surface area contributed by atoms with Gasteiger partial charge in [0.1, 0.15) is 5.76 Å². The number of hydrogen-bond acceptors (Lipinski definition) is 2. The lowest BCUT2D eigenvalue weighted by molar-refractivity contribution is 0.371. The Bertz CT molecular complexity index is 533. The van der Waals surface area contributed by atoms with Crippen LogP contribution in [0.15, 0.2) is 28.7 Å². The molecule has 1 aromatic carbocycles. The smallest absolute Gasteiger partial charge is 0.152 e. The number of rotatable bonds is 6. The first kappa shape index (κ1) is 14.4. The number of hydrogen-bond donors (Lipinski definition) is 1. The third kappa shape index (κ3) is 3.52. The fourth-order valence-electron chi connectivity index (χ4n) is 2.31. The van der Waals surface area contributed by atoms with Crippen molar-refractivity contribution in [2.45, 2.75) is 39.7 Å². The first-order chi connectivity index (χ1) is 9.11. The monoisotopic (exact) mass is 279 g/mol. The van der Waals surface area contributed by atoms with Gasteiger partial charge in [0.25, 0.3) is 0 Å². The molecule has 1 atom stereocenters. The topological polar surface area (TPSA) is 25.2 Å². The Labute approximate surface area is 120 Å². The summed E-state index contributed by atoms with van der Waals surface area (Å²) in [5.41, 5.74) is 0.797. The summed E-state index contributed by atoms with van der Waals surface area (Å²) in [6, 6.07) is 8.25. The second-order valence-corrected chi connectivity index (χ2v) is 5.85. The lowest BCUT2D eigenvalue weighted by Crippen LogP contribution is -2.23.